The number of β-amino-alcohol motifs (C(OH)–C–C–N with tert-alkyl or cyclic N) is 1. The smallest absolute Gasteiger partial charge is 0.407 e. The van der Waals surface area contributed by atoms with Crippen molar-refractivity contribution in [3.8, 4) is 11.1 Å². The zero-order chi connectivity index (χ0) is 23.7. The van der Waals surface area contributed by atoms with Gasteiger partial charge in [0.15, 0.2) is 0 Å². The second-order valence-corrected chi connectivity index (χ2v) is 8.93. The van der Waals surface area contributed by atoms with Crippen LogP contribution in [0.3, 0.4) is 0 Å². The fourth-order valence-corrected chi connectivity index (χ4v) is 4.75. The summed E-state index contributed by atoms with van der Waals surface area (Å²) in [6, 6.07) is 13.9. The number of aliphatic hydroxyl groups is 1. The molecule has 1 aliphatic carbocycles. The van der Waals surface area contributed by atoms with Crippen molar-refractivity contribution in [3.05, 3.63) is 59.7 Å². The predicted octanol–water partition coefficient (Wildman–Crippen LogP) is 2.60. The summed E-state index contributed by atoms with van der Waals surface area (Å²) in [5.74, 6) is -2.13. The van der Waals surface area contributed by atoms with Crippen LogP contribution in [0.15, 0.2) is 48.5 Å². The van der Waals surface area contributed by atoms with Crippen molar-refractivity contribution in [2.75, 3.05) is 13.2 Å². The topological polar surface area (TPSA) is 116 Å². The minimum absolute atomic E-state index is 0.0309. The average molecular weight is 453 g/mol. The highest BCUT2D eigenvalue weighted by molar-refractivity contribution is 5.90. The van der Waals surface area contributed by atoms with E-state index in [-0.39, 0.29) is 31.4 Å². The zero-order valence-electron chi connectivity index (χ0n) is 18.6. The molecule has 1 heterocycles. The summed E-state index contributed by atoms with van der Waals surface area (Å²) in [6.07, 6.45) is -1.68. The lowest BCUT2D eigenvalue weighted by atomic mass is 9.98. The van der Waals surface area contributed by atoms with Gasteiger partial charge < -0.3 is 25.2 Å². The van der Waals surface area contributed by atoms with Crippen LogP contribution in [0.5, 0.6) is 0 Å². The van der Waals surface area contributed by atoms with Gasteiger partial charge in [-0.15, -0.1) is 0 Å². The van der Waals surface area contributed by atoms with E-state index in [0.29, 0.717) is 0 Å². The molecule has 1 aliphatic heterocycles. The van der Waals surface area contributed by atoms with Crippen LogP contribution >= 0.6 is 0 Å². The molecule has 1 fully saturated rings. The fourth-order valence-electron chi connectivity index (χ4n) is 4.75. The Morgan fingerprint density at radius 1 is 1.06 bits per heavy atom. The van der Waals surface area contributed by atoms with Crippen molar-refractivity contribution < 1.29 is 29.3 Å². The quantitative estimate of drug-likeness (QED) is 0.620. The Morgan fingerprint density at radius 2 is 1.64 bits per heavy atom. The third-order valence-electron chi connectivity index (χ3n) is 6.40. The van der Waals surface area contributed by atoms with Gasteiger partial charge >= 0.3 is 12.1 Å². The van der Waals surface area contributed by atoms with E-state index in [1.54, 1.807) is 13.8 Å². The monoisotopic (exact) mass is 452 g/mol. The molecule has 33 heavy (non-hydrogen) atoms. The Labute approximate surface area is 192 Å². The van der Waals surface area contributed by atoms with Crippen molar-refractivity contribution in [2.45, 2.75) is 44.4 Å². The molecule has 2 aliphatic rings. The Morgan fingerprint density at radius 3 is 2.18 bits per heavy atom. The molecular weight excluding hydrogens is 424 g/mol. The van der Waals surface area contributed by atoms with E-state index in [1.807, 2.05) is 48.5 Å². The molecule has 0 spiro atoms. The maximum Gasteiger partial charge on any atom is 0.407 e. The van der Waals surface area contributed by atoms with Crippen LogP contribution in [-0.2, 0) is 14.3 Å². The molecule has 8 nitrogen and oxygen atoms in total. The van der Waals surface area contributed by atoms with Crippen LogP contribution in [0.25, 0.3) is 11.1 Å². The largest absolute Gasteiger partial charge is 0.480 e. The maximum atomic E-state index is 13.1. The highest BCUT2D eigenvalue weighted by Crippen LogP contribution is 2.44. The minimum Gasteiger partial charge on any atom is -0.480 e. The van der Waals surface area contributed by atoms with E-state index in [0.717, 1.165) is 27.2 Å². The van der Waals surface area contributed by atoms with Crippen LogP contribution in [-0.4, -0.2) is 64.4 Å². The number of aliphatic hydroxyl groups excluding tert-OH is 1. The van der Waals surface area contributed by atoms with E-state index in [4.69, 9.17) is 4.74 Å². The molecular formula is C25H28N2O6. The Bertz CT molecular complexity index is 1020. The first-order valence-electron chi connectivity index (χ1n) is 11.1. The highest BCUT2D eigenvalue weighted by Gasteiger charge is 2.42. The first-order chi connectivity index (χ1) is 15.8. The van der Waals surface area contributed by atoms with Crippen LogP contribution in [0, 0.1) is 5.92 Å². The molecule has 0 bridgehead atoms. The number of ether oxygens (including phenoxy) is 1. The SMILES string of the molecule is CC(C)[C@H](NC(=O)OCC1c2ccccc2-c2ccccc21)C(=O)N1CC(O)CC1C(=O)O. The Balaban J connectivity index is 1.44. The van der Waals surface area contributed by atoms with Crippen molar-refractivity contribution in [1.82, 2.24) is 10.2 Å². The van der Waals surface area contributed by atoms with Gasteiger partial charge in [-0.2, -0.15) is 0 Å². The third kappa shape index (κ3) is 4.43. The molecule has 1 saturated heterocycles. The van der Waals surface area contributed by atoms with E-state index >= 15 is 0 Å². The molecule has 4 rings (SSSR count). The zero-order valence-corrected chi connectivity index (χ0v) is 18.6. The summed E-state index contributed by atoms with van der Waals surface area (Å²) >= 11 is 0. The number of likely N-dealkylation sites (tertiary alicyclic amines) is 1. The number of alkyl carbamates (subject to hydrolysis) is 1. The van der Waals surface area contributed by atoms with Crippen LogP contribution < -0.4 is 5.32 Å². The fraction of sp³-hybridized carbons (Fsp3) is 0.400. The van der Waals surface area contributed by atoms with Crippen LogP contribution in [0.4, 0.5) is 4.79 Å². The molecule has 174 valence electrons. The summed E-state index contributed by atoms with van der Waals surface area (Å²) < 4.78 is 5.54. The molecule has 2 aromatic carbocycles. The Kier molecular flexibility index (Phi) is 6.37. The maximum absolute atomic E-state index is 13.1. The summed E-state index contributed by atoms with van der Waals surface area (Å²) in [4.78, 5) is 38.4. The Hall–Kier alpha value is -3.39. The third-order valence-corrected chi connectivity index (χ3v) is 6.40. The molecule has 2 unspecified atom stereocenters. The summed E-state index contributed by atoms with van der Waals surface area (Å²) in [5.41, 5.74) is 4.39. The first-order valence-corrected chi connectivity index (χ1v) is 11.1. The number of benzene rings is 2. The van der Waals surface area contributed by atoms with Crippen molar-refractivity contribution in [2.24, 2.45) is 5.92 Å². The van der Waals surface area contributed by atoms with Crippen LogP contribution in [0.2, 0.25) is 0 Å². The van der Waals surface area contributed by atoms with Gasteiger partial charge in [-0.25, -0.2) is 9.59 Å². The number of hydrogen-bond acceptors (Lipinski definition) is 5. The molecule has 0 aromatic heterocycles. The molecule has 2 aromatic rings. The van der Waals surface area contributed by atoms with E-state index in [2.05, 4.69) is 5.32 Å². The summed E-state index contributed by atoms with van der Waals surface area (Å²) in [7, 11) is 0. The lowest BCUT2D eigenvalue weighted by Crippen LogP contribution is -2.54. The number of aliphatic carboxylic acids is 1. The number of amides is 2. The molecule has 3 atom stereocenters. The second kappa shape index (κ2) is 9.23. The van der Waals surface area contributed by atoms with Crippen molar-refractivity contribution >= 4 is 18.0 Å². The van der Waals surface area contributed by atoms with Gasteiger partial charge in [-0.1, -0.05) is 62.4 Å². The molecule has 8 heteroatoms. The van der Waals surface area contributed by atoms with Gasteiger partial charge in [-0.3, -0.25) is 4.79 Å². The average Bonchev–Trinajstić information content (AvgIpc) is 3.34. The molecule has 3 N–H and O–H groups in total. The standard InChI is InChI=1S/C25H28N2O6/c1-14(2)22(23(29)27-12-15(28)11-21(27)24(30)31)26-25(32)33-13-20-18-9-5-3-7-16(18)17-8-4-6-10-19(17)20/h3-10,14-15,20-22,28H,11-13H2,1-2H3,(H,26,32)(H,30,31)/t15?,21?,22-/m0/s1. The number of nitrogens with one attached hydrogen (secondary N) is 1. The second-order valence-electron chi connectivity index (χ2n) is 8.93. The number of hydrogen-bond donors (Lipinski definition) is 3. The lowest BCUT2D eigenvalue weighted by molar-refractivity contribution is -0.149. The summed E-state index contributed by atoms with van der Waals surface area (Å²) in [5, 5.41) is 21.9. The normalized spacial score (nSPS) is 20.3. The van der Waals surface area contributed by atoms with Gasteiger partial charge in [0.1, 0.15) is 18.7 Å². The van der Waals surface area contributed by atoms with E-state index in [1.165, 1.54) is 0 Å². The van der Waals surface area contributed by atoms with Gasteiger partial charge in [-0.05, 0) is 28.2 Å². The van der Waals surface area contributed by atoms with E-state index < -0.39 is 36.2 Å². The first kappa shape index (κ1) is 22.8. The number of carbonyl (C=O) groups is 3. The number of nitrogens with zero attached hydrogens (tertiary/aromatic N) is 1. The molecule has 2 amide bonds. The predicted molar refractivity (Wildman–Crippen MR) is 121 cm³/mol. The van der Waals surface area contributed by atoms with Crippen molar-refractivity contribution in [3.63, 3.8) is 0 Å². The molecule has 0 saturated carbocycles. The van der Waals surface area contributed by atoms with Gasteiger partial charge in [0.05, 0.1) is 6.10 Å². The van der Waals surface area contributed by atoms with Gasteiger partial charge in [0.2, 0.25) is 5.91 Å². The lowest BCUT2D eigenvalue weighted by Gasteiger charge is -2.29. The number of carbonyl (C=O) groups excluding carboxylic acids is 2. The number of carboxylic acid groups (broad SMARTS) is 1. The molecule has 0 radical (unpaired) electrons. The number of fused-ring (bicyclic) bond motifs is 3. The number of rotatable bonds is 6. The van der Waals surface area contributed by atoms with Gasteiger partial charge in [0.25, 0.3) is 0 Å². The summed E-state index contributed by atoms with van der Waals surface area (Å²) in [6.45, 7) is 3.55. The van der Waals surface area contributed by atoms with Gasteiger partial charge in [0, 0.05) is 18.9 Å². The van der Waals surface area contributed by atoms with Crippen molar-refractivity contribution in [1.29, 1.82) is 0 Å². The number of carboxylic acids is 1. The highest BCUT2D eigenvalue weighted by atomic mass is 16.5. The minimum atomic E-state index is -1.18. The van der Waals surface area contributed by atoms with Crippen LogP contribution in [0.1, 0.15) is 37.3 Å². The van der Waals surface area contributed by atoms with E-state index in [9.17, 15) is 24.6 Å².